The molecule has 0 N–H and O–H groups in total. The van der Waals surface area contributed by atoms with Crippen LogP contribution in [0.2, 0.25) is 0 Å². The van der Waals surface area contributed by atoms with E-state index in [2.05, 4.69) is 4.99 Å². The summed E-state index contributed by atoms with van der Waals surface area (Å²) in [6, 6.07) is 3.71. The van der Waals surface area contributed by atoms with Crippen LogP contribution in [0.1, 0.15) is 26.3 Å². The molecule has 132 valence electrons. The molecular weight excluding hydrogens is 332 g/mol. The molecule has 0 fully saturated rings. The quantitative estimate of drug-likeness (QED) is 0.579. The number of methoxy groups -OCH3 is 1. The highest BCUT2D eigenvalue weighted by Crippen LogP contribution is 2.37. The summed E-state index contributed by atoms with van der Waals surface area (Å²) in [4.78, 5) is 18.1. The van der Waals surface area contributed by atoms with Gasteiger partial charge in [-0.1, -0.05) is 0 Å². The van der Waals surface area contributed by atoms with Crippen molar-refractivity contribution >= 4 is 29.6 Å². The van der Waals surface area contributed by atoms with E-state index in [1.54, 1.807) is 13.4 Å². The van der Waals surface area contributed by atoms with Gasteiger partial charge in [0, 0.05) is 18.2 Å². The van der Waals surface area contributed by atoms with Crippen molar-refractivity contribution in [2.75, 3.05) is 26.3 Å². The van der Waals surface area contributed by atoms with Crippen LogP contribution in [-0.4, -0.2) is 43.5 Å². The highest BCUT2D eigenvalue weighted by molar-refractivity contribution is 6.18. The highest BCUT2D eigenvalue weighted by Gasteiger charge is 2.24. The van der Waals surface area contributed by atoms with Gasteiger partial charge in [-0.15, -0.1) is 11.6 Å². The van der Waals surface area contributed by atoms with E-state index in [1.807, 2.05) is 37.8 Å². The number of halogens is 1. The Kier molecular flexibility index (Phi) is 5.94. The predicted octanol–water partition coefficient (Wildman–Crippen LogP) is 3.34. The largest absolute Gasteiger partial charge is 0.493 e. The third kappa shape index (κ3) is 4.54. The minimum Gasteiger partial charge on any atom is -0.493 e. The third-order valence-corrected chi connectivity index (χ3v) is 3.56. The lowest BCUT2D eigenvalue weighted by Gasteiger charge is -2.26. The van der Waals surface area contributed by atoms with Gasteiger partial charge < -0.3 is 19.1 Å². The summed E-state index contributed by atoms with van der Waals surface area (Å²) in [6.07, 6.45) is 1.66. The standard InChI is InChI=1S/C17H23ClN2O4/c1-17(2,3)16(21)24-11-20-9-12-7-14(22-4)15(23-6-5-18)8-13(12)19-10-20/h7-8,10H,5-6,9,11H2,1-4H3. The minimum absolute atomic E-state index is 0.159. The first kappa shape index (κ1) is 18.4. The van der Waals surface area contributed by atoms with Gasteiger partial charge in [-0.3, -0.25) is 4.79 Å². The van der Waals surface area contributed by atoms with E-state index < -0.39 is 5.41 Å². The van der Waals surface area contributed by atoms with Crippen LogP contribution in [0, 0.1) is 5.41 Å². The summed E-state index contributed by atoms with van der Waals surface area (Å²) in [6.45, 7) is 6.59. The fourth-order valence-electron chi connectivity index (χ4n) is 2.10. The van der Waals surface area contributed by atoms with Crippen molar-refractivity contribution < 1.29 is 19.0 Å². The second-order valence-electron chi connectivity index (χ2n) is 6.47. The molecule has 0 radical (unpaired) electrons. The van der Waals surface area contributed by atoms with Gasteiger partial charge in [0.25, 0.3) is 0 Å². The fourth-order valence-corrected chi connectivity index (χ4v) is 2.18. The summed E-state index contributed by atoms with van der Waals surface area (Å²) in [5.74, 6) is 1.39. The Hall–Kier alpha value is -1.95. The molecule has 0 spiro atoms. The number of hydrogen-bond donors (Lipinski definition) is 0. The maximum absolute atomic E-state index is 11.9. The van der Waals surface area contributed by atoms with Crippen molar-refractivity contribution in [3.63, 3.8) is 0 Å². The number of fused-ring (bicyclic) bond motifs is 1. The van der Waals surface area contributed by atoms with Crippen LogP contribution in [0.4, 0.5) is 5.69 Å². The van der Waals surface area contributed by atoms with Crippen molar-refractivity contribution in [2.45, 2.75) is 27.3 Å². The van der Waals surface area contributed by atoms with E-state index in [1.165, 1.54) is 0 Å². The van der Waals surface area contributed by atoms with Gasteiger partial charge in [0.2, 0.25) is 0 Å². The first-order valence-corrected chi connectivity index (χ1v) is 8.23. The van der Waals surface area contributed by atoms with Crippen molar-refractivity contribution in [3.8, 4) is 11.5 Å². The Balaban J connectivity index is 2.07. The summed E-state index contributed by atoms with van der Waals surface area (Å²) in [7, 11) is 1.59. The number of nitrogens with zero attached hydrogens (tertiary/aromatic N) is 2. The molecule has 0 unspecified atom stereocenters. The molecule has 0 amide bonds. The number of alkyl halides is 1. The minimum atomic E-state index is -0.525. The Labute approximate surface area is 147 Å². The predicted molar refractivity (Wildman–Crippen MR) is 93.3 cm³/mol. The molecule has 0 atom stereocenters. The van der Waals surface area contributed by atoms with Gasteiger partial charge in [0.05, 0.1) is 30.4 Å². The van der Waals surface area contributed by atoms with E-state index in [0.29, 0.717) is 30.5 Å². The topological polar surface area (TPSA) is 60.4 Å². The van der Waals surface area contributed by atoms with Gasteiger partial charge >= 0.3 is 5.97 Å². The van der Waals surface area contributed by atoms with Gasteiger partial charge in [-0.2, -0.15) is 0 Å². The molecule has 1 heterocycles. The summed E-state index contributed by atoms with van der Waals surface area (Å²) < 4.78 is 16.3. The molecule has 1 aromatic carbocycles. The van der Waals surface area contributed by atoms with Gasteiger partial charge in [0.1, 0.15) is 6.61 Å². The lowest BCUT2D eigenvalue weighted by atomic mass is 9.98. The molecule has 24 heavy (non-hydrogen) atoms. The second-order valence-corrected chi connectivity index (χ2v) is 6.85. The first-order chi connectivity index (χ1) is 11.3. The molecule has 0 saturated carbocycles. The van der Waals surface area contributed by atoms with E-state index in [-0.39, 0.29) is 12.7 Å². The average Bonchev–Trinajstić information content (AvgIpc) is 2.55. The van der Waals surface area contributed by atoms with Crippen LogP contribution in [0.5, 0.6) is 11.5 Å². The maximum Gasteiger partial charge on any atom is 0.312 e. The lowest BCUT2D eigenvalue weighted by molar-refractivity contribution is -0.156. The molecular formula is C17H23ClN2O4. The number of hydrogen-bond acceptors (Lipinski definition) is 6. The molecule has 0 aromatic heterocycles. The van der Waals surface area contributed by atoms with E-state index in [9.17, 15) is 4.79 Å². The average molecular weight is 355 g/mol. The number of aliphatic imine (C=N–C) groups is 1. The number of benzene rings is 1. The highest BCUT2D eigenvalue weighted by atomic mass is 35.5. The summed E-state index contributed by atoms with van der Waals surface area (Å²) in [5, 5.41) is 0. The van der Waals surface area contributed by atoms with E-state index in [0.717, 1.165) is 11.3 Å². The van der Waals surface area contributed by atoms with Gasteiger partial charge in [0.15, 0.2) is 18.2 Å². The molecule has 1 aliphatic rings. The third-order valence-electron chi connectivity index (χ3n) is 3.41. The number of rotatable bonds is 6. The van der Waals surface area contributed by atoms with Crippen LogP contribution < -0.4 is 9.47 Å². The smallest absolute Gasteiger partial charge is 0.312 e. The van der Waals surface area contributed by atoms with E-state index in [4.69, 9.17) is 25.8 Å². The fraction of sp³-hybridized carbons (Fsp3) is 0.529. The number of ether oxygens (including phenoxy) is 3. The summed E-state index contributed by atoms with van der Waals surface area (Å²) in [5.41, 5.74) is 1.25. The van der Waals surface area contributed by atoms with E-state index >= 15 is 0 Å². The van der Waals surface area contributed by atoms with Crippen LogP contribution in [-0.2, 0) is 16.1 Å². The SMILES string of the molecule is COc1cc2c(cc1OCCCl)N=CN(COC(=O)C(C)(C)C)C2. The molecule has 2 rings (SSSR count). The second kappa shape index (κ2) is 7.75. The Morgan fingerprint density at radius 2 is 2.08 bits per heavy atom. The molecule has 1 aliphatic heterocycles. The maximum atomic E-state index is 11.9. The number of carbonyl (C=O) groups excluding carboxylic acids is 1. The first-order valence-electron chi connectivity index (χ1n) is 7.70. The zero-order valence-electron chi connectivity index (χ0n) is 14.5. The number of carbonyl (C=O) groups is 1. The molecule has 7 heteroatoms. The van der Waals surface area contributed by atoms with Crippen LogP contribution in [0.25, 0.3) is 0 Å². The van der Waals surface area contributed by atoms with Crippen molar-refractivity contribution in [1.82, 2.24) is 4.90 Å². The van der Waals surface area contributed by atoms with Gasteiger partial charge in [-0.25, -0.2) is 4.99 Å². The van der Waals surface area contributed by atoms with Crippen molar-refractivity contribution in [2.24, 2.45) is 10.4 Å². The number of esters is 1. The molecule has 6 nitrogen and oxygen atoms in total. The Morgan fingerprint density at radius 3 is 2.71 bits per heavy atom. The van der Waals surface area contributed by atoms with Crippen molar-refractivity contribution in [1.29, 1.82) is 0 Å². The van der Waals surface area contributed by atoms with Crippen LogP contribution in [0.15, 0.2) is 17.1 Å². The zero-order chi connectivity index (χ0) is 17.7. The molecule has 0 saturated heterocycles. The molecule has 0 bridgehead atoms. The molecule has 0 aliphatic carbocycles. The Bertz CT molecular complexity index is 626. The van der Waals surface area contributed by atoms with Gasteiger partial charge in [-0.05, 0) is 26.8 Å². The Morgan fingerprint density at radius 1 is 1.33 bits per heavy atom. The van der Waals surface area contributed by atoms with Crippen molar-refractivity contribution in [3.05, 3.63) is 17.7 Å². The lowest BCUT2D eigenvalue weighted by Crippen LogP contribution is -2.32. The normalized spacial score (nSPS) is 13.5. The monoisotopic (exact) mass is 354 g/mol. The van der Waals surface area contributed by atoms with Crippen LogP contribution in [0.3, 0.4) is 0 Å². The van der Waals surface area contributed by atoms with Crippen LogP contribution >= 0.6 is 11.6 Å². The zero-order valence-corrected chi connectivity index (χ0v) is 15.2. The molecule has 1 aromatic rings. The summed E-state index contributed by atoms with van der Waals surface area (Å²) >= 11 is 5.66.